The highest BCUT2D eigenvalue weighted by molar-refractivity contribution is 5.93. The molecule has 30 heavy (non-hydrogen) atoms. The van der Waals surface area contributed by atoms with E-state index < -0.39 is 0 Å². The molecule has 1 amide bonds. The first-order valence-electron chi connectivity index (χ1n) is 11.6. The van der Waals surface area contributed by atoms with Gasteiger partial charge in [-0.05, 0) is 68.4 Å². The molecule has 1 aromatic rings. The summed E-state index contributed by atoms with van der Waals surface area (Å²) >= 11 is 0. The summed E-state index contributed by atoms with van der Waals surface area (Å²) in [5, 5.41) is 3.01. The number of hydrogen-bond acceptors (Lipinski definition) is 5. The second-order valence-corrected chi connectivity index (χ2v) is 10.0. The van der Waals surface area contributed by atoms with Crippen molar-refractivity contribution in [1.29, 1.82) is 0 Å². The number of anilines is 1. The van der Waals surface area contributed by atoms with Crippen molar-refractivity contribution >= 4 is 11.6 Å². The monoisotopic (exact) mass is 413 g/mol. The molecular weight excluding hydrogens is 378 g/mol. The van der Waals surface area contributed by atoms with Gasteiger partial charge in [0.1, 0.15) is 11.5 Å². The number of benzene rings is 1. The standard InChI is InChI=1S/C24H35N3O3/c1-29-20-3-4-21(22(12-20)30-2)25-23(28)16-26-5-7-27(8-6-26)24-13-17-9-18(14-24)11-19(10-17)15-24/h3-4,12,17-19H,5-11,13-16H2,1-2H3,(H,25,28). The second-order valence-electron chi connectivity index (χ2n) is 10.0. The Morgan fingerprint density at radius 1 is 1.00 bits per heavy atom. The Bertz CT molecular complexity index is 753. The minimum Gasteiger partial charge on any atom is -0.497 e. The van der Waals surface area contributed by atoms with Gasteiger partial charge in [0.15, 0.2) is 0 Å². The number of nitrogens with zero attached hydrogens (tertiary/aromatic N) is 2. The van der Waals surface area contributed by atoms with Gasteiger partial charge >= 0.3 is 0 Å². The van der Waals surface area contributed by atoms with Crippen molar-refractivity contribution in [3.05, 3.63) is 18.2 Å². The Kier molecular flexibility index (Phi) is 5.40. The minimum absolute atomic E-state index is 0.0155. The molecule has 1 N–H and O–H groups in total. The quantitative estimate of drug-likeness (QED) is 0.776. The summed E-state index contributed by atoms with van der Waals surface area (Å²) in [6, 6.07) is 5.46. The maximum atomic E-state index is 12.7. The summed E-state index contributed by atoms with van der Waals surface area (Å²) in [6.07, 6.45) is 8.76. The summed E-state index contributed by atoms with van der Waals surface area (Å²) in [4.78, 5) is 17.8. The van der Waals surface area contributed by atoms with E-state index in [1.165, 1.54) is 38.5 Å². The van der Waals surface area contributed by atoms with Crippen molar-refractivity contribution in [2.75, 3.05) is 52.3 Å². The van der Waals surface area contributed by atoms with Crippen LogP contribution in [0.25, 0.3) is 0 Å². The van der Waals surface area contributed by atoms with Crippen molar-refractivity contribution in [2.24, 2.45) is 17.8 Å². The fourth-order valence-electron chi connectivity index (χ4n) is 7.13. The molecule has 5 aliphatic rings. The van der Waals surface area contributed by atoms with Crippen molar-refractivity contribution < 1.29 is 14.3 Å². The topological polar surface area (TPSA) is 54.0 Å². The number of hydrogen-bond donors (Lipinski definition) is 1. The summed E-state index contributed by atoms with van der Waals surface area (Å²) in [5.74, 6) is 4.31. The summed E-state index contributed by atoms with van der Waals surface area (Å²) in [5.41, 5.74) is 1.18. The molecule has 1 aromatic carbocycles. The van der Waals surface area contributed by atoms with Gasteiger partial charge in [-0.1, -0.05) is 0 Å². The van der Waals surface area contributed by atoms with Crippen LogP contribution in [0.3, 0.4) is 0 Å². The lowest BCUT2D eigenvalue weighted by Crippen LogP contribution is -2.64. The van der Waals surface area contributed by atoms with Crippen molar-refractivity contribution in [2.45, 2.75) is 44.1 Å². The Balaban J connectivity index is 1.15. The molecule has 0 atom stereocenters. The molecule has 4 aliphatic carbocycles. The van der Waals surface area contributed by atoms with Gasteiger partial charge < -0.3 is 14.8 Å². The molecule has 6 rings (SSSR count). The van der Waals surface area contributed by atoms with Crippen molar-refractivity contribution in [3.8, 4) is 11.5 Å². The van der Waals surface area contributed by atoms with Gasteiger partial charge in [-0.25, -0.2) is 0 Å². The van der Waals surface area contributed by atoms with Gasteiger partial charge in [-0.15, -0.1) is 0 Å². The van der Waals surface area contributed by atoms with Crippen LogP contribution >= 0.6 is 0 Å². The number of nitrogens with one attached hydrogen (secondary N) is 1. The van der Waals surface area contributed by atoms with E-state index >= 15 is 0 Å². The molecule has 1 heterocycles. The average molecular weight is 414 g/mol. The molecule has 1 aliphatic heterocycles. The molecule has 4 saturated carbocycles. The van der Waals surface area contributed by atoms with Crippen molar-refractivity contribution in [3.63, 3.8) is 0 Å². The zero-order chi connectivity index (χ0) is 20.7. The largest absolute Gasteiger partial charge is 0.497 e. The third-order valence-corrected chi connectivity index (χ3v) is 8.10. The van der Waals surface area contributed by atoms with Gasteiger partial charge in [0.2, 0.25) is 5.91 Å². The van der Waals surface area contributed by atoms with Crippen LogP contribution in [-0.4, -0.2) is 68.2 Å². The number of amides is 1. The molecular formula is C24H35N3O3. The number of rotatable bonds is 6. The maximum absolute atomic E-state index is 12.7. The Hall–Kier alpha value is -1.79. The van der Waals surface area contributed by atoms with Crippen LogP contribution in [0.2, 0.25) is 0 Å². The van der Waals surface area contributed by atoms with E-state index in [-0.39, 0.29) is 5.91 Å². The summed E-state index contributed by atoms with van der Waals surface area (Å²) in [6.45, 7) is 4.60. The van der Waals surface area contributed by atoms with Crippen LogP contribution in [0.4, 0.5) is 5.69 Å². The number of carbonyl (C=O) groups excluding carboxylic acids is 1. The molecule has 6 nitrogen and oxygen atoms in total. The minimum atomic E-state index is 0.0155. The molecule has 1 saturated heterocycles. The third-order valence-electron chi connectivity index (χ3n) is 8.10. The summed E-state index contributed by atoms with van der Waals surface area (Å²) < 4.78 is 10.6. The number of carbonyl (C=O) groups is 1. The average Bonchev–Trinajstić information content (AvgIpc) is 2.73. The smallest absolute Gasteiger partial charge is 0.238 e. The Morgan fingerprint density at radius 2 is 1.63 bits per heavy atom. The predicted molar refractivity (Wildman–Crippen MR) is 117 cm³/mol. The fourth-order valence-corrected chi connectivity index (χ4v) is 7.13. The van der Waals surface area contributed by atoms with E-state index in [0.717, 1.165) is 43.9 Å². The molecule has 5 fully saturated rings. The fraction of sp³-hybridized carbons (Fsp3) is 0.708. The van der Waals surface area contributed by atoms with E-state index in [1.807, 2.05) is 12.1 Å². The van der Waals surface area contributed by atoms with E-state index in [1.54, 1.807) is 20.3 Å². The van der Waals surface area contributed by atoms with Crippen LogP contribution in [0.5, 0.6) is 11.5 Å². The Labute approximate surface area is 179 Å². The van der Waals surface area contributed by atoms with Gasteiger partial charge in [-0.2, -0.15) is 0 Å². The lowest BCUT2D eigenvalue weighted by molar-refractivity contribution is -0.120. The lowest BCUT2D eigenvalue weighted by Gasteiger charge is -2.61. The molecule has 0 radical (unpaired) electrons. The molecule has 0 unspecified atom stereocenters. The van der Waals surface area contributed by atoms with Crippen molar-refractivity contribution in [1.82, 2.24) is 9.80 Å². The normalized spacial score (nSPS) is 33.5. The molecule has 6 heteroatoms. The zero-order valence-electron chi connectivity index (χ0n) is 18.4. The lowest BCUT2D eigenvalue weighted by atomic mass is 9.52. The van der Waals surface area contributed by atoms with E-state index in [0.29, 0.717) is 29.3 Å². The van der Waals surface area contributed by atoms with E-state index in [4.69, 9.17) is 9.47 Å². The Morgan fingerprint density at radius 3 is 2.20 bits per heavy atom. The van der Waals surface area contributed by atoms with Gasteiger partial charge in [0.05, 0.1) is 26.5 Å². The molecule has 164 valence electrons. The first-order valence-corrected chi connectivity index (χ1v) is 11.6. The maximum Gasteiger partial charge on any atom is 0.238 e. The molecule has 4 bridgehead atoms. The zero-order valence-corrected chi connectivity index (χ0v) is 18.4. The molecule has 0 spiro atoms. The SMILES string of the molecule is COc1ccc(NC(=O)CN2CCN(C34CC5CC(CC(C5)C3)C4)CC2)c(OC)c1. The van der Waals surface area contributed by atoms with Gasteiger partial charge in [0, 0.05) is 37.8 Å². The van der Waals surface area contributed by atoms with Crippen LogP contribution in [0.15, 0.2) is 18.2 Å². The number of ether oxygens (including phenoxy) is 2. The highest BCUT2D eigenvalue weighted by Gasteiger charge is 2.53. The van der Waals surface area contributed by atoms with Crippen LogP contribution in [0.1, 0.15) is 38.5 Å². The molecule has 0 aromatic heterocycles. The van der Waals surface area contributed by atoms with Crippen LogP contribution in [0, 0.1) is 17.8 Å². The van der Waals surface area contributed by atoms with E-state index in [2.05, 4.69) is 15.1 Å². The van der Waals surface area contributed by atoms with Gasteiger partial charge in [0.25, 0.3) is 0 Å². The first kappa shape index (κ1) is 20.1. The van der Waals surface area contributed by atoms with E-state index in [9.17, 15) is 4.79 Å². The summed E-state index contributed by atoms with van der Waals surface area (Å²) in [7, 11) is 3.23. The number of methoxy groups -OCH3 is 2. The first-order chi connectivity index (χ1) is 14.6. The highest BCUT2D eigenvalue weighted by Crippen LogP contribution is 2.57. The predicted octanol–water partition coefficient (Wildman–Crippen LogP) is 3.23. The number of piperazine rings is 1. The van der Waals surface area contributed by atoms with Gasteiger partial charge in [-0.3, -0.25) is 14.6 Å². The van der Waals surface area contributed by atoms with Crippen LogP contribution in [-0.2, 0) is 4.79 Å². The highest BCUT2D eigenvalue weighted by atomic mass is 16.5. The van der Waals surface area contributed by atoms with Crippen LogP contribution < -0.4 is 14.8 Å². The third kappa shape index (κ3) is 3.80. The second kappa shape index (κ2) is 8.04.